The number of rotatable bonds is 6. The quantitative estimate of drug-likeness (QED) is 0.668. The molecule has 26 heavy (non-hydrogen) atoms. The maximum atomic E-state index is 12.1. The van der Waals surface area contributed by atoms with Crippen molar-refractivity contribution in [1.29, 1.82) is 0 Å². The number of hydrogen-bond acceptors (Lipinski definition) is 4. The van der Waals surface area contributed by atoms with Gasteiger partial charge in [-0.2, -0.15) is 0 Å². The molecule has 0 bridgehead atoms. The van der Waals surface area contributed by atoms with Gasteiger partial charge in [0, 0.05) is 18.3 Å². The summed E-state index contributed by atoms with van der Waals surface area (Å²) < 4.78 is 2.73. The van der Waals surface area contributed by atoms with Crippen molar-refractivity contribution in [3.63, 3.8) is 0 Å². The number of amides is 2. The lowest BCUT2D eigenvalue weighted by Crippen LogP contribution is -2.39. The van der Waals surface area contributed by atoms with Crippen molar-refractivity contribution < 1.29 is 9.59 Å². The fourth-order valence-electron chi connectivity index (χ4n) is 2.45. The molecule has 0 atom stereocenters. The Morgan fingerprint density at radius 3 is 2.58 bits per heavy atom. The number of nitrogens with one attached hydrogen (secondary N) is 2. The minimum atomic E-state index is -0.331. The molecule has 8 heteroatoms. The number of pyridine rings is 1. The van der Waals surface area contributed by atoms with Crippen molar-refractivity contribution in [1.82, 2.24) is 24.8 Å². The highest BCUT2D eigenvalue weighted by Gasteiger charge is 2.09. The first-order valence-corrected chi connectivity index (χ1v) is 8.20. The van der Waals surface area contributed by atoms with E-state index in [0.29, 0.717) is 11.2 Å². The summed E-state index contributed by atoms with van der Waals surface area (Å²) in [5.74, 6) is -0.640. The predicted molar refractivity (Wildman–Crippen MR) is 96.0 cm³/mol. The fourth-order valence-corrected chi connectivity index (χ4v) is 2.45. The van der Waals surface area contributed by atoms with E-state index in [0.717, 1.165) is 5.56 Å². The maximum absolute atomic E-state index is 12.1. The molecule has 0 radical (unpaired) electrons. The van der Waals surface area contributed by atoms with Gasteiger partial charge in [-0.05, 0) is 31.2 Å². The van der Waals surface area contributed by atoms with Crippen molar-refractivity contribution in [2.75, 3.05) is 13.1 Å². The van der Waals surface area contributed by atoms with E-state index in [4.69, 9.17) is 0 Å². The van der Waals surface area contributed by atoms with Gasteiger partial charge in [-0.25, -0.2) is 9.48 Å². The average Bonchev–Trinajstić information content (AvgIpc) is 2.96. The summed E-state index contributed by atoms with van der Waals surface area (Å²) in [5.41, 5.74) is 1.85. The lowest BCUT2D eigenvalue weighted by Gasteiger charge is -2.07. The highest BCUT2D eigenvalue weighted by molar-refractivity contribution is 5.96. The number of carbonyl (C=O) groups is 2. The fraction of sp³-hybridized carbons (Fsp3) is 0.222. The molecule has 0 aliphatic heterocycles. The van der Waals surface area contributed by atoms with Gasteiger partial charge >= 0.3 is 5.69 Å². The summed E-state index contributed by atoms with van der Waals surface area (Å²) in [6.45, 7) is 2.29. The second-order valence-corrected chi connectivity index (χ2v) is 5.83. The van der Waals surface area contributed by atoms with Crippen LogP contribution in [0.1, 0.15) is 15.9 Å². The van der Waals surface area contributed by atoms with Crippen LogP contribution in [-0.2, 0) is 11.3 Å². The molecule has 2 aromatic heterocycles. The molecule has 0 saturated heterocycles. The van der Waals surface area contributed by atoms with Crippen LogP contribution in [0.2, 0.25) is 0 Å². The van der Waals surface area contributed by atoms with Crippen molar-refractivity contribution in [3.8, 4) is 0 Å². The minimum Gasteiger partial charge on any atom is -0.353 e. The molecule has 0 aliphatic carbocycles. The highest BCUT2D eigenvalue weighted by atomic mass is 16.2. The molecule has 0 fully saturated rings. The molecule has 0 aliphatic rings. The van der Waals surface area contributed by atoms with Crippen LogP contribution < -0.4 is 16.3 Å². The number of nitrogens with zero attached hydrogens (tertiary/aromatic N) is 3. The second kappa shape index (κ2) is 7.64. The van der Waals surface area contributed by atoms with Crippen molar-refractivity contribution in [2.24, 2.45) is 0 Å². The SMILES string of the molecule is Cc1ccc(C(=O)NCC(=O)NCCn2nc3ccccn3c2=O)cc1. The first-order chi connectivity index (χ1) is 12.5. The van der Waals surface area contributed by atoms with Gasteiger partial charge in [-0.1, -0.05) is 23.8 Å². The Morgan fingerprint density at radius 1 is 1.08 bits per heavy atom. The molecule has 3 rings (SSSR count). The van der Waals surface area contributed by atoms with Crippen LogP contribution in [0.3, 0.4) is 0 Å². The van der Waals surface area contributed by atoms with Crippen LogP contribution >= 0.6 is 0 Å². The van der Waals surface area contributed by atoms with Crippen LogP contribution in [0, 0.1) is 6.92 Å². The number of carbonyl (C=O) groups excluding carboxylic acids is 2. The van der Waals surface area contributed by atoms with E-state index in [1.807, 2.05) is 19.1 Å². The summed E-state index contributed by atoms with van der Waals surface area (Å²) >= 11 is 0. The molecule has 1 aromatic carbocycles. The first kappa shape index (κ1) is 17.4. The van der Waals surface area contributed by atoms with E-state index in [1.165, 1.54) is 9.08 Å². The van der Waals surface area contributed by atoms with E-state index in [9.17, 15) is 14.4 Å². The second-order valence-electron chi connectivity index (χ2n) is 5.83. The van der Waals surface area contributed by atoms with E-state index in [2.05, 4.69) is 15.7 Å². The smallest absolute Gasteiger partial charge is 0.350 e. The largest absolute Gasteiger partial charge is 0.353 e. The standard InChI is InChI=1S/C18H19N5O3/c1-13-5-7-14(8-6-13)17(25)20-12-16(24)19-9-11-23-18(26)22-10-3-2-4-15(22)21-23/h2-8,10H,9,11-12H2,1H3,(H,19,24)(H,20,25). The number of fused-ring (bicyclic) bond motifs is 1. The Morgan fingerprint density at radius 2 is 1.85 bits per heavy atom. The highest BCUT2D eigenvalue weighted by Crippen LogP contribution is 2.02. The zero-order valence-electron chi connectivity index (χ0n) is 14.3. The third-order valence-electron chi connectivity index (χ3n) is 3.86. The zero-order valence-corrected chi connectivity index (χ0v) is 14.3. The third kappa shape index (κ3) is 3.97. The Balaban J connectivity index is 1.46. The number of hydrogen-bond donors (Lipinski definition) is 2. The molecule has 3 aromatic rings. The van der Waals surface area contributed by atoms with Gasteiger partial charge in [0.15, 0.2) is 5.65 Å². The lowest BCUT2D eigenvalue weighted by atomic mass is 10.1. The first-order valence-electron chi connectivity index (χ1n) is 8.20. The molecule has 134 valence electrons. The van der Waals surface area contributed by atoms with Crippen molar-refractivity contribution in [3.05, 3.63) is 70.3 Å². The molecule has 8 nitrogen and oxygen atoms in total. The van der Waals surface area contributed by atoms with Crippen LogP contribution in [0.25, 0.3) is 5.65 Å². The van der Waals surface area contributed by atoms with E-state index in [1.54, 1.807) is 36.5 Å². The van der Waals surface area contributed by atoms with Crippen LogP contribution in [0.15, 0.2) is 53.5 Å². The van der Waals surface area contributed by atoms with E-state index >= 15 is 0 Å². The van der Waals surface area contributed by atoms with Crippen LogP contribution in [-0.4, -0.2) is 39.1 Å². The van der Waals surface area contributed by atoms with Gasteiger partial charge in [0.1, 0.15) is 0 Å². The van der Waals surface area contributed by atoms with Crippen LogP contribution in [0.4, 0.5) is 0 Å². The molecule has 0 spiro atoms. The number of aryl methyl sites for hydroxylation is 1. The van der Waals surface area contributed by atoms with E-state index < -0.39 is 0 Å². The lowest BCUT2D eigenvalue weighted by molar-refractivity contribution is -0.120. The summed E-state index contributed by atoms with van der Waals surface area (Å²) in [7, 11) is 0. The van der Waals surface area contributed by atoms with Gasteiger partial charge in [0.2, 0.25) is 5.91 Å². The summed E-state index contributed by atoms with van der Waals surface area (Å²) in [6, 6.07) is 12.4. The topological polar surface area (TPSA) is 97.5 Å². The normalized spacial score (nSPS) is 10.7. The Labute approximate surface area is 149 Å². The van der Waals surface area contributed by atoms with Gasteiger partial charge < -0.3 is 10.6 Å². The average molecular weight is 353 g/mol. The summed E-state index contributed by atoms with van der Waals surface area (Å²) in [6.07, 6.45) is 1.64. The number of aromatic nitrogens is 3. The van der Waals surface area contributed by atoms with Gasteiger partial charge in [-0.15, -0.1) is 5.10 Å². The number of benzene rings is 1. The predicted octanol–water partition coefficient (Wildman–Crippen LogP) is 0.351. The maximum Gasteiger partial charge on any atom is 0.350 e. The van der Waals surface area contributed by atoms with E-state index in [-0.39, 0.29) is 37.1 Å². The molecular formula is C18H19N5O3. The molecule has 0 unspecified atom stereocenters. The minimum absolute atomic E-state index is 0.132. The molecule has 2 heterocycles. The Hall–Kier alpha value is -3.42. The molecular weight excluding hydrogens is 334 g/mol. The van der Waals surface area contributed by atoms with Crippen molar-refractivity contribution in [2.45, 2.75) is 13.5 Å². The van der Waals surface area contributed by atoms with Gasteiger partial charge in [0.25, 0.3) is 5.91 Å². The van der Waals surface area contributed by atoms with Gasteiger partial charge in [0.05, 0.1) is 13.1 Å². The Kier molecular flexibility index (Phi) is 5.12. The summed E-state index contributed by atoms with van der Waals surface area (Å²) in [4.78, 5) is 35.9. The molecule has 2 amide bonds. The summed E-state index contributed by atoms with van der Waals surface area (Å²) in [5, 5.41) is 9.39. The third-order valence-corrected chi connectivity index (χ3v) is 3.86. The molecule has 0 saturated carbocycles. The zero-order chi connectivity index (χ0) is 18.5. The molecule has 2 N–H and O–H groups in total. The monoisotopic (exact) mass is 353 g/mol. The van der Waals surface area contributed by atoms with Crippen LogP contribution in [0.5, 0.6) is 0 Å². The van der Waals surface area contributed by atoms with Crippen molar-refractivity contribution >= 4 is 17.5 Å². The Bertz CT molecular complexity index is 988. The van der Waals surface area contributed by atoms with Gasteiger partial charge in [-0.3, -0.25) is 14.0 Å².